The van der Waals surface area contributed by atoms with Crippen molar-refractivity contribution in [1.29, 1.82) is 0 Å². The van der Waals surface area contributed by atoms with Crippen molar-refractivity contribution in [3.8, 4) is 17.2 Å². The zero-order valence-corrected chi connectivity index (χ0v) is 11.3. The zero-order chi connectivity index (χ0) is 14.1. The minimum atomic E-state index is -0.455. The quantitative estimate of drug-likeness (QED) is 0.724. The van der Waals surface area contributed by atoms with Gasteiger partial charge in [-0.25, -0.2) is 9.78 Å². The van der Waals surface area contributed by atoms with E-state index in [1.54, 1.807) is 49.6 Å². The summed E-state index contributed by atoms with van der Waals surface area (Å²) in [4.78, 5) is 16.3. The summed E-state index contributed by atoms with van der Waals surface area (Å²) in [5.41, 5.74) is 0.671. The lowest BCUT2D eigenvalue weighted by molar-refractivity contribution is 0.415. The van der Waals surface area contributed by atoms with E-state index in [9.17, 15) is 4.79 Å². The minimum absolute atomic E-state index is 0.234. The van der Waals surface area contributed by atoms with Crippen molar-refractivity contribution in [3.05, 3.63) is 57.9 Å². The first-order valence-corrected chi connectivity index (χ1v) is 6.30. The highest BCUT2D eigenvalue weighted by atomic mass is 35.5. The molecule has 0 aliphatic carbocycles. The van der Waals surface area contributed by atoms with Crippen LogP contribution in [0.5, 0.6) is 5.75 Å². The molecule has 0 aliphatic rings. The van der Waals surface area contributed by atoms with Crippen molar-refractivity contribution < 1.29 is 9.15 Å². The van der Waals surface area contributed by atoms with Crippen molar-refractivity contribution in [1.82, 2.24) is 4.98 Å². The number of methoxy groups -OCH3 is 1. The van der Waals surface area contributed by atoms with Crippen molar-refractivity contribution in [3.63, 3.8) is 0 Å². The van der Waals surface area contributed by atoms with Gasteiger partial charge in [0.05, 0.1) is 17.5 Å². The molecule has 0 spiro atoms. The third-order valence-electron chi connectivity index (χ3n) is 2.95. The maximum absolute atomic E-state index is 12.0. The summed E-state index contributed by atoms with van der Waals surface area (Å²) >= 11 is 6.07. The van der Waals surface area contributed by atoms with Crippen LogP contribution in [0.4, 0.5) is 0 Å². The molecule has 0 saturated carbocycles. The van der Waals surface area contributed by atoms with E-state index < -0.39 is 5.63 Å². The van der Waals surface area contributed by atoms with Crippen LogP contribution in [-0.4, -0.2) is 12.1 Å². The van der Waals surface area contributed by atoms with Gasteiger partial charge in [-0.3, -0.25) is 0 Å². The van der Waals surface area contributed by atoms with Crippen molar-refractivity contribution in [2.45, 2.75) is 0 Å². The third-order valence-corrected chi connectivity index (χ3v) is 3.25. The summed E-state index contributed by atoms with van der Waals surface area (Å²) in [6.45, 7) is 0. The molecule has 2 aromatic carbocycles. The molecule has 4 nitrogen and oxygen atoms in total. The van der Waals surface area contributed by atoms with E-state index in [1.165, 1.54) is 0 Å². The lowest BCUT2D eigenvalue weighted by Gasteiger charge is -2.04. The first kappa shape index (κ1) is 12.7. The fourth-order valence-electron chi connectivity index (χ4n) is 1.92. The van der Waals surface area contributed by atoms with Crippen LogP contribution < -0.4 is 10.4 Å². The zero-order valence-electron chi connectivity index (χ0n) is 10.6. The number of nitrogens with zero attached hydrogens (tertiary/aromatic N) is 1. The second kappa shape index (κ2) is 4.98. The van der Waals surface area contributed by atoms with E-state index in [2.05, 4.69) is 4.98 Å². The number of halogens is 1. The van der Waals surface area contributed by atoms with Crippen LogP contribution in [-0.2, 0) is 0 Å². The van der Waals surface area contributed by atoms with Crippen LogP contribution in [0.2, 0.25) is 5.02 Å². The Morgan fingerprint density at radius 3 is 2.60 bits per heavy atom. The first-order chi connectivity index (χ1) is 9.69. The van der Waals surface area contributed by atoms with Gasteiger partial charge in [0.25, 0.3) is 0 Å². The highest BCUT2D eigenvalue weighted by molar-refractivity contribution is 6.35. The van der Waals surface area contributed by atoms with Crippen LogP contribution in [0, 0.1) is 0 Å². The van der Waals surface area contributed by atoms with E-state index in [0.29, 0.717) is 21.5 Å². The predicted octanol–water partition coefficient (Wildman–Crippen LogP) is 3.52. The Bertz CT molecular complexity index is 825. The van der Waals surface area contributed by atoms with Crippen LogP contribution in [0.25, 0.3) is 22.4 Å². The Morgan fingerprint density at radius 1 is 1.15 bits per heavy atom. The molecule has 100 valence electrons. The second-order valence-electron chi connectivity index (χ2n) is 4.17. The molecule has 3 aromatic rings. The molecule has 0 unspecified atom stereocenters. The standard InChI is InChI=1S/C15H10ClNO3/c1-19-10-7-5-9(6-8-10)14-17-13-11(15(18)20-14)3-2-4-12(13)16/h2-8H,1H3. The van der Waals surface area contributed by atoms with Crippen LogP contribution in [0.15, 0.2) is 51.7 Å². The number of hydrogen-bond donors (Lipinski definition) is 0. The molecule has 5 heteroatoms. The molecule has 0 aliphatic heterocycles. The van der Waals surface area contributed by atoms with Crippen molar-refractivity contribution in [2.75, 3.05) is 7.11 Å². The number of para-hydroxylation sites is 1. The first-order valence-electron chi connectivity index (χ1n) is 5.93. The average molecular weight is 288 g/mol. The Labute approximate surface area is 119 Å². The molecule has 20 heavy (non-hydrogen) atoms. The number of benzene rings is 2. The van der Waals surface area contributed by atoms with E-state index in [4.69, 9.17) is 20.8 Å². The van der Waals surface area contributed by atoms with E-state index in [-0.39, 0.29) is 5.89 Å². The summed E-state index contributed by atoms with van der Waals surface area (Å²) in [6.07, 6.45) is 0. The number of aromatic nitrogens is 1. The second-order valence-corrected chi connectivity index (χ2v) is 4.58. The van der Waals surface area contributed by atoms with Crippen LogP contribution >= 0.6 is 11.6 Å². The lowest BCUT2D eigenvalue weighted by Crippen LogP contribution is -2.03. The number of ether oxygens (including phenoxy) is 1. The third kappa shape index (κ3) is 2.14. The monoisotopic (exact) mass is 287 g/mol. The van der Waals surface area contributed by atoms with Gasteiger partial charge < -0.3 is 9.15 Å². The van der Waals surface area contributed by atoms with E-state index >= 15 is 0 Å². The fraction of sp³-hybridized carbons (Fsp3) is 0.0667. The van der Waals surface area contributed by atoms with Gasteiger partial charge in [-0.2, -0.15) is 0 Å². The molecule has 0 atom stereocenters. The molecular weight excluding hydrogens is 278 g/mol. The largest absolute Gasteiger partial charge is 0.497 e. The lowest BCUT2D eigenvalue weighted by atomic mass is 10.2. The smallest absolute Gasteiger partial charge is 0.347 e. The Hall–Kier alpha value is -2.33. The van der Waals surface area contributed by atoms with Gasteiger partial charge >= 0.3 is 5.63 Å². The number of rotatable bonds is 2. The fourth-order valence-corrected chi connectivity index (χ4v) is 2.13. The van der Waals surface area contributed by atoms with Crippen LogP contribution in [0.3, 0.4) is 0 Å². The molecule has 0 bridgehead atoms. The van der Waals surface area contributed by atoms with Gasteiger partial charge in [-0.15, -0.1) is 0 Å². The molecule has 3 rings (SSSR count). The molecule has 0 N–H and O–H groups in total. The normalized spacial score (nSPS) is 10.7. The minimum Gasteiger partial charge on any atom is -0.497 e. The maximum Gasteiger partial charge on any atom is 0.347 e. The highest BCUT2D eigenvalue weighted by Crippen LogP contribution is 2.24. The van der Waals surface area contributed by atoms with Gasteiger partial charge in [0.15, 0.2) is 0 Å². The van der Waals surface area contributed by atoms with E-state index in [0.717, 1.165) is 5.75 Å². The predicted molar refractivity (Wildman–Crippen MR) is 77.3 cm³/mol. The topological polar surface area (TPSA) is 52.3 Å². The van der Waals surface area contributed by atoms with Gasteiger partial charge in [-0.1, -0.05) is 17.7 Å². The van der Waals surface area contributed by atoms with Gasteiger partial charge in [0.1, 0.15) is 11.3 Å². The summed E-state index contributed by atoms with van der Waals surface area (Å²) < 4.78 is 10.3. The SMILES string of the molecule is COc1ccc(-c2nc3c(Cl)cccc3c(=O)o2)cc1. The average Bonchev–Trinajstić information content (AvgIpc) is 2.48. The molecule has 0 saturated heterocycles. The summed E-state index contributed by atoms with van der Waals surface area (Å²) in [5.74, 6) is 0.952. The number of hydrogen-bond acceptors (Lipinski definition) is 4. The van der Waals surface area contributed by atoms with Crippen molar-refractivity contribution >= 4 is 22.5 Å². The van der Waals surface area contributed by atoms with Gasteiger partial charge in [-0.05, 0) is 36.4 Å². The molecular formula is C15H10ClNO3. The maximum atomic E-state index is 12.0. The molecule has 0 radical (unpaired) electrons. The Morgan fingerprint density at radius 2 is 1.90 bits per heavy atom. The highest BCUT2D eigenvalue weighted by Gasteiger charge is 2.10. The Kier molecular flexibility index (Phi) is 3.16. The number of fused-ring (bicyclic) bond motifs is 1. The van der Waals surface area contributed by atoms with Gasteiger partial charge in [0.2, 0.25) is 5.89 Å². The summed E-state index contributed by atoms with van der Waals surface area (Å²) in [5, 5.41) is 0.792. The van der Waals surface area contributed by atoms with Crippen molar-refractivity contribution in [2.24, 2.45) is 0 Å². The molecule has 0 amide bonds. The molecule has 1 aromatic heterocycles. The summed E-state index contributed by atoms with van der Waals surface area (Å²) in [6, 6.07) is 12.1. The van der Waals surface area contributed by atoms with E-state index in [1.807, 2.05) is 0 Å². The molecule has 0 fully saturated rings. The molecule has 1 heterocycles. The summed E-state index contributed by atoms with van der Waals surface area (Å²) in [7, 11) is 1.59. The Balaban J connectivity index is 2.21. The van der Waals surface area contributed by atoms with Crippen LogP contribution in [0.1, 0.15) is 0 Å². The van der Waals surface area contributed by atoms with Gasteiger partial charge in [0, 0.05) is 5.56 Å².